The Hall–Kier alpha value is -1.41. The largest absolute Gasteiger partial charge is 0.361 e. The fourth-order valence-corrected chi connectivity index (χ4v) is 3.26. The number of aromatic nitrogens is 1. The topological polar surface area (TPSA) is 15.8 Å². The number of fused-ring (bicyclic) bond motifs is 1. The lowest BCUT2D eigenvalue weighted by Crippen LogP contribution is -1.74. The second-order valence-corrected chi connectivity index (χ2v) is 5.27. The molecule has 2 heterocycles. The van der Waals surface area contributed by atoms with Crippen LogP contribution in [-0.4, -0.2) is 4.98 Å². The first-order chi connectivity index (χ1) is 6.93. The summed E-state index contributed by atoms with van der Waals surface area (Å²) in [4.78, 5) is 4.64. The first-order valence-electron chi connectivity index (χ1n) is 4.64. The minimum Gasteiger partial charge on any atom is -0.361 e. The smallest absolute Gasteiger partial charge is 0.0454 e. The lowest BCUT2D eigenvalue weighted by atomic mass is 10.2. The Labute approximate surface area is 85.5 Å². The number of nitrogens with one attached hydrogen (secondary N) is 1. The van der Waals surface area contributed by atoms with Crippen LogP contribution in [0.3, 0.4) is 0 Å². The van der Waals surface area contributed by atoms with Gasteiger partial charge in [0.25, 0.3) is 0 Å². The highest BCUT2D eigenvalue weighted by atomic mass is 32.2. The summed E-state index contributed by atoms with van der Waals surface area (Å²) in [6.07, 6.45) is 6.25. The predicted octanol–water partition coefficient (Wildman–Crippen LogP) is 3.57. The monoisotopic (exact) mass is 201 g/mol. The van der Waals surface area contributed by atoms with Gasteiger partial charge in [-0.3, -0.25) is 0 Å². The average molecular weight is 201 g/mol. The Kier molecular flexibility index (Phi) is 1.74. The molecule has 70 valence electrons. The van der Waals surface area contributed by atoms with Crippen LogP contribution in [-0.2, 0) is 0 Å². The van der Waals surface area contributed by atoms with E-state index in [1.54, 1.807) is 0 Å². The SMILES string of the molecule is C1=C[SH](c2ccc3[nH]ccc3c2)C=C1. The molecule has 1 aromatic heterocycles. The molecule has 2 aromatic rings. The van der Waals surface area contributed by atoms with E-state index in [0.717, 1.165) is 0 Å². The van der Waals surface area contributed by atoms with Gasteiger partial charge in [0.05, 0.1) is 0 Å². The minimum atomic E-state index is -0.170. The second-order valence-electron chi connectivity index (χ2n) is 3.34. The third-order valence-electron chi connectivity index (χ3n) is 2.44. The van der Waals surface area contributed by atoms with Crippen LogP contribution in [0.4, 0.5) is 0 Å². The number of rotatable bonds is 1. The summed E-state index contributed by atoms with van der Waals surface area (Å²) in [5.74, 6) is 0. The second kappa shape index (κ2) is 3.07. The van der Waals surface area contributed by atoms with Crippen molar-refractivity contribution < 1.29 is 0 Å². The summed E-state index contributed by atoms with van der Waals surface area (Å²) in [5.41, 5.74) is 1.22. The van der Waals surface area contributed by atoms with Crippen molar-refractivity contribution >= 4 is 21.8 Å². The molecule has 1 nitrogen and oxygen atoms in total. The van der Waals surface area contributed by atoms with E-state index in [0.29, 0.717) is 0 Å². The third kappa shape index (κ3) is 1.19. The maximum Gasteiger partial charge on any atom is 0.0454 e. The van der Waals surface area contributed by atoms with Gasteiger partial charge in [0.15, 0.2) is 0 Å². The van der Waals surface area contributed by atoms with Gasteiger partial charge >= 0.3 is 0 Å². The number of hydrogen-bond acceptors (Lipinski definition) is 0. The normalized spacial score (nSPS) is 17.0. The molecule has 3 rings (SSSR count). The Bertz CT molecular complexity index is 510. The highest BCUT2D eigenvalue weighted by molar-refractivity contribution is 8.22. The van der Waals surface area contributed by atoms with Crippen molar-refractivity contribution in [1.82, 2.24) is 4.98 Å². The number of H-pyrrole nitrogens is 1. The quantitative estimate of drug-likeness (QED) is 0.656. The van der Waals surface area contributed by atoms with E-state index in [4.69, 9.17) is 0 Å². The van der Waals surface area contributed by atoms with Gasteiger partial charge in [-0.15, -0.1) is 0 Å². The molecule has 1 N–H and O–H groups in total. The molecular weight excluding hydrogens is 190 g/mol. The molecule has 0 aliphatic carbocycles. The molecule has 0 unspecified atom stereocenters. The van der Waals surface area contributed by atoms with Gasteiger partial charge in [0.2, 0.25) is 0 Å². The fourth-order valence-electron chi connectivity index (χ4n) is 1.71. The zero-order chi connectivity index (χ0) is 9.38. The van der Waals surface area contributed by atoms with Crippen molar-refractivity contribution in [3.63, 3.8) is 0 Å². The van der Waals surface area contributed by atoms with Gasteiger partial charge in [0, 0.05) is 17.1 Å². The molecule has 0 saturated carbocycles. The first-order valence-corrected chi connectivity index (χ1v) is 6.12. The van der Waals surface area contributed by atoms with Crippen LogP contribution in [0.25, 0.3) is 10.9 Å². The number of thiol groups is 1. The van der Waals surface area contributed by atoms with Gasteiger partial charge in [-0.05, 0) is 40.0 Å². The summed E-state index contributed by atoms with van der Waals surface area (Å²) in [6, 6.07) is 8.77. The molecular formula is C12H11NS. The zero-order valence-corrected chi connectivity index (χ0v) is 8.54. The van der Waals surface area contributed by atoms with Crippen LogP contribution in [0.1, 0.15) is 0 Å². The van der Waals surface area contributed by atoms with E-state index < -0.39 is 0 Å². The summed E-state index contributed by atoms with van der Waals surface area (Å²) in [7, 11) is -0.170. The molecule has 1 aliphatic rings. The van der Waals surface area contributed by atoms with Crippen LogP contribution in [0.15, 0.2) is 58.3 Å². The summed E-state index contributed by atoms with van der Waals surface area (Å²) in [6.45, 7) is 0. The van der Waals surface area contributed by atoms with E-state index in [-0.39, 0.29) is 10.9 Å². The molecule has 0 radical (unpaired) electrons. The molecule has 0 saturated heterocycles. The van der Waals surface area contributed by atoms with E-state index in [2.05, 4.69) is 52.2 Å². The Morgan fingerprint density at radius 3 is 2.71 bits per heavy atom. The lowest BCUT2D eigenvalue weighted by Gasteiger charge is -2.09. The maximum atomic E-state index is 3.21. The average Bonchev–Trinajstić information content (AvgIpc) is 2.88. The number of allylic oxidation sites excluding steroid dienone is 2. The third-order valence-corrected chi connectivity index (χ3v) is 4.30. The predicted molar refractivity (Wildman–Crippen MR) is 63.8 cm³/mol. The summed E-state index contributed by atoms with van der Waals surface area (Å²) >= 11 is 0. The molecule has 1 aliphatic heterocycles. The Morgan fingerprint density at radius 1 is 1.00 bits per heavy atom. The molecule has 14 heavy (non-hydrogen) atoms. The molecule has 1 aromatic carbocycles. The van der Waals surface area contributed by atoms with Crippen molar-refractivity contribution in [3.8, 4) is 0 Å². The van der Waals surface area contributed by atoms with E-state index in [1.807, 2.05) is 6.20 Å². The molecule has 0 amide bonds. The highest BCUT2D eigenvalue weighted by Crippen LogP contribution is 2.42. The number of aromatic amines is 1. The molecule has 0 spiro atoms. The lowest BCUT2D eigenvalue weighted by molar-refractivity contribution is 1.45. The Balaban J connectivity index is 2.13. The highest BCUT2D eigenvalue weighted by Gasteiger charge is 2.03. The van der Waals surface area contributed by atoms with Crippen molar-refractivity contribution in [2.24, 2.45) is 0 Å². The summed E-state index contributed by atoms with van der Waals surface area (Å²) < 4.78 is 0. The van der Waals surface area contributed by atoms with Crippen LogP contribution >= 0.6 is 10.9 Å². The van der Waals surface area contributed by atoms with Gasteiger partial charge in [-0.2, -0.15) is 10.9 Å². The first kappa shape index (κ1) is 7.94. The van der Waals surface area contributed by atoms with Crippen LogP contribution in [0.5, 0.6) is 0 Å². The van der Waals surface area contributed by atoms with Crippen LogP contribution < -0.4 is 0 Å². The van der Waals surface area contributed by atoms with Crippen LogP contribution in [0.2, 0.25) is 0 Å². The molecule has 0 atom stereocenters. The van der Waals surface area contributed by atoms with Gasteiger partial charge in [0.1, 0.15) is 0 Å². The van der Waals surface area contributed by atoms with Gasteiger partial charge in [-0.1, -0.05) is 12.2 Å². The van der Waals surface area contributed by atoms with Gasteiger partial charge < -0.3 is 4.98 Å². The molecule has 0 bridgehead atoms. The number of hydrogen-bond donors (Lipinski definition) is 2. The minimum absolute atomic E-state index is 0.170. The number of benzene rings is 1. The van der Waals surface area contributed by atoms with E-state index in [1.165, 1.54) is 15.8 Å². The van der Waals surface area contributed by atoms with E-state index >= 15 is 0 Å². The zero-order valence-electron chi connectivity index (χ0n) is 7.64. The van der Waals surface area contributed by atoms with Crippen molar-refractivity contribution in [3.05, 3.63) is 53.4 Å². The fraction of sp³-hybridized carbons (Fsp3) is 0. The molecule has 0 fully saturated rings. The van der Waals surface area contributed by atoms with E-state index in [9.17, 15) is 0 Å². The van der Waals surface area contributed by atoms with Crippen molar-refractivity contribution in [2.75, 3.05) is 0 Å². The Morgan fingerprint density at radius 2 is 1.86 bits per heavy atom. The molecule has 2 heteroatoms. The van der Waals surface area contributed by atoms with Crippen molar-refractivity contribution in [2.45, 2.75) is 4.90 Å². The van der Waals surface area contributed by atoms with Gasteiger partial charge in [-0.25, -0.2) is 0 Å². The summed E-state index contributed by atoms with van der Waals surface area (Å²) in [5, 5.41) is 5.87. The maximum absolute atomic E-state index is 3.21. The standard InChI is InChI=1S/C12H11NS/c1-2-8-14(7-1)11-3-4-12-10(9-11)5-6-13-12/h1-9,13-14H. The van der Waals surface area contributed by atoms with Crippen LogP contribution in [0, 0.1) is 0 Å². The van der Waals surface area contributed by atoms with Crippen molar-refractivity contribution in [1.29, 1.82) is 0 Å².